The van der Waals surface area contributed by atoms with Gasteiger partial charge in [0.1, 0.15) is 0 Å². The lowest BCUT2D eigenvalue weighted by Gasteiger charge is -2.23. The number of aliphatic hydroxyl groups is 1. The molecule has 0 spiro atoms. The second kappa shape index (κ2) is 5.40. The second-order valence-electron chi connectivity index (χ2n) is 5.34. The van der Waals surface area contributed by atoms with Crippen molar-refractivity contribution in [3.8, 4) is 0 Å². The molecule has 1 unspecified atom stereocenters. The van der Waals surface area contributed by atoms with Gasteiger partial charge in [0.05, 0.1) is 11.4 Å². The molecule has 1 fully saturated rings. The number of hydrogen-bond donors (Lipinski definition) is 2. The van der Waals surface area contributed by atoms with Crippen molar-refractivity contribution in [2.45, 2.75) is 31.1 Å². The molecular formula is C13H18ClNO3S. The predicted octanol–water partition coefficient (Wildman–Crippen LogP) is 1.92. The number of benzene rings is 1. The summed E-state index contributed by atoms with van der Waals surface area (Å²) in [6, 6.07) is 6.75. The molecule has 2 rings (SSSR count). The minimum absolute atomic E-state index is 0.0561. The Morgan fingerprint density at radius 1 is 1.47 bits per heavy atom. The third kappa shape index (κ3) is 4.45. The summed E-state index contributed by atoms with van der Waals surface area (Å²) < 4.78 is 26.3. The Morgan fingerprint density at radius 3 is 2.74 bits per heavy atom. The van der Waals surface area contributed by atoms with Gasteiger partial charge in [-0.1, -0.05) is 23.7 Å². The quantitative estimate of drug-likeness (QED) is 0.844. The zero-order valence-electron chi connectivity index (χ0n) is 10.8. The smallest absolute Gasteiger partial charge is 0.215 e. The highest BCUT2D eigenvalue weighted by Crippen LogP contribution is 2.39. The Kier molecular flexibility index (Phi) is 4.20. The molecule has 4 nitrogen and oxygen atoms in total. The molecule has 1 aliphatic rings. The van der Waals surface area contributed by atoms with Crippen molar-refractivity contribution in [1.29, 1.82) is 0 Å². The maximum absolute atomic E-state index is 11.9. The number of sulfonamides is 1. The van der Waals surface area contributed by atoms with E-state index < -0.39 is 15.6 Å². The van der Waals surface area contributed by atoms with E-state index in [4.69, 9.17) is 11.6 Å². The van der Waals surface area contributed by atoms with Crippen molar-refractivity contribution < 1.29 is 13.5 Å². The minimum atomic E-state index is -3.46. The molecule has 0 aromatic heterocycles. The average molecular weight is 304 g/mol. The lowest BCUT2D eigenvalue weighted by atomic mass is 10.0. The van der Waals surface area contributed by atoms with Gasteiger partial charge in [0.15, 0.2) is 0 Å². The number of halogens is 1. The van der Waals surface area contributed by atoms with E-state index in [-0.39, 0.29) is 18.2 Å². The van der Waals surface area contributed by atoms with Crippen LogP contribution in [0.3, 0.4) is 0 Å². The summed E-state index contributed by atoms with van der Waals surface area (Å²) in [5.74, 6) is 0.0790. The van der Waals surface area contributed by atoms with Gasteiger partial charge in [-0.3, -0.25) is 0 Å². The van der Waals surface area contributed by atoms with Crippen LogP contribution >= 0.6 is 11.6 Å². The van der Waals surface area contributed by atoms with Crippen LogP contribution in [0.5, 0.6) is 0 Å². The number of rotatable bonds is 6. The van der Waals surface area contributed by atoms with Gasteiger partial charge in [-0.05, 0) is 43.4 Å². The van der Waals surface area contributed by atoms with Gasteiger partial charge in [0.25, 0.3) is 0 Å². The average Bonchev–Trinajstić information content (AvgIpc) is 3.10. The summed E-state index contributed by atoms with van der Waals surface area (Å²) in [4.78, 5) is 0. The van der Waals surface area contributed by atoms with Crippen molar-refractivity contribution in [3.05, 3.63) is 34.9 Å². The van der Waals surface area contributed by atoms with E-state index in [2.05, 4.69) is 4.72 Å². The largest absolute Gasteiger partial charge is 0.389 e. The Balaban J connectivity index is 1.95. The van der Waals surface area contributed by atoms with E-state index in [1.807, 2.05) is 0 Å². The van der Waals surface area contributed by atoms with Gasteiger partial charge in [-0.15, -0.1) is 0 Å². The van der Waals surface area contributed by atoms with Gasteiger partial charge in [-0.25, -0.2) is 13.1 Å². The molecule has 0 amide bonds. The second-order valence-corrected chi connectivity index (χ2v) is 7.58. The van der Waals surface area contributed by atoms with Crippen LogP contribution < -0.4 is 4.72 Å². The summed E-state index contributed by atoms with van der Waals surface area (Å²) in [5.41, 5.74) is -0.326. The van der Waals surface area contributed by atoms with Crippen molar-refractivity contribution in [2.75, 3.05) is 6.54 Å². The molecule has 1 saturated carbocycles. The van der Waals surface area contributed by atoms with Gasteiger partial charge < -0.3 is 5.11 Å². The van der Waals surface area contributed by atoms with Crippen molar-refractivity contribution in [3.63, 3.8) is 0 Å². The summed E-state index contributed by atoms with van der Waals surface area (Å²) in [7, 11) is -3.46. The highest BCUT2D eigenvalue weighted by molar-refractivity contribution is 7.88. The molecule has 106 valence electrons. The fourth-order valence-corrected chi connectivity index (χ4v) is 3.45. The van der Waals surface area contributed by atoms with Crippen LogP contribution in [-0.4, -0.2) is 25.7 Å². The fourth-order valence-electron chi connectivity index (χ4n) is 2.00. The lowest BCUT2D eigenvalue weighted by molar-refractivity contribution is 0.0422. The molecule has 0 heterocycles. The molecule has 1 atom stereocenters. The zero-order valence-corrected chi connectivity index (χ0v) is 12.3. The SMILES string of the molecule is CC(O)(CNS(=O)(=O)Cc1cccc(Cl)c1)C1CC1. The van der Waals surface area contributed by atoms with Crippen molar-refractivity contribution >= 4 is 21.6 Å². The molecule has 0 aliphatic heterocycles. The number of nitrogens with one attached hydrogen (secondary N) is 1. The van der Waals surface area contributed by atoms with E-state index >= 15 is 0 Å². The summed E-state index contributed by atoms with van der Waals surface area (Å²) >= 11 is 5.82. The maximum Gasteiger partial charge on any atom is 0.215 e. The minimum Gasteiger partial charge on any atom is -0.389 e. The summed E-state index contributed by atoms with van der Waals surface area (Å²) in [6.07, 6.45) is 1.92. The van der Waals surface area contributed by atoms with Crippen LogP contribution in [0.4, 0.5) is 0 Å². The highest BCUT2D eigenvalue weighted by atomic mass is 35.5. The van der Waals surface area contributed by atoms with E-state index in [0.717, 1.165) is 12.8 Å². The maximum atomic E-state index is 11.9. The predicted molar refractivity (Wildman–Crippen MR) is 75.4 cm³/mol. The van der Waals surface area contributed by atoms with E-state index in [1.165, 1.54) is 0 Å². The first kappa shape index (κ1) is 14.8. The third-order valence-electron chi connectivity index (χ3n) is 3.35. The first-order valence-electron chi connectivity index (χ1n) is 6.23. The van der Waals surface area contributed by atoms with Gasteiger partial charge in [0, 0.05) is 11.6 Å². The molecule has 1 aliphatic carbocycles. The molecule has 19 heavy (non-hydrogen) atoms. The van der Waals surface area contributed by atoms with E-state index in [0.29, 0.717) is 10.6 Å². The van der Waals surface area contributed by atoms with Crippen LogP contribution in [0.25, 0.3) is 0 Å². The lowest BCUT2D eigenvalue weighted by Crippen LogP contribution is -2.42. The summed E-state index contributed by atoms with van der Waals surface area (Å²) in [5, 5.41) is 10.6. The fraction of sp³-hybridized carbons (Fsp3) is 0.538. The first-order valence-corrected chi connectivity index (χ1v) is 8.26. The highest BCUT2D eigenvalue weighted by Gasteiger charge is 2.40. The van der Waals surface area contributed by atoms with Crippen LogP contribution in [-0.2, 0) is 15.8 Å². The van der Waals surface area contributed by atoms with Crippen LogP contribution in [0, 0.1) is 5.92 Å². The van der Waals surface area contributed by atoms with Crippen molar-refractivity contribution in [2.24, 2.45) is 5.92 Å². The van der Waals surface area contributed by atoms with Gasteiger partial charge in [0.2, 0.25) is 10.0 Å². The van der Waals surface area contributed by atoms with E-state index in [1.54, 1.807) is 31.2 Å². The first-order chi connectivity index (χ1) is 8.78. The van der Waals surface area contributed by atoms with Gasteiger partial charge in [-0.2, -0.15) is 0 Å². The van der Waals surface area contributed by atoms with Gasteiger partial charge >= 0.3 is 0 Å². The Morgan fingerprint density at radius 2 is 2.16 bits per heavy atom. The van der Waals surface area contributed by atoms with E-state index in [9.17, 15) is 13.5 Å². The molecular weight excluding hydrogens is 286 g/mol. The zero-order chi connectivity index (χ0) is 14.1. The molecule has 6 heteroatoms. The third-order valence-corrected chi connectivity index (χ3v) is 4.89. The Labute approximate surface area is 118 Å². The van der Waals surface area contributed by atoms with Crippen LogP contribution in [0.15, 0.2) is 24.3 Å². The van der Waals surface area contributed by atoms with Crippen LogP contribution in [0.1, 0.15) is 25.3 Å². The molecule has 1 aromatic carbocycles. The number of hydrogen-bond acceptors (Lipinski definition) is 3. The molecule has 0 saturated heterocycles. The monoisotopic (exact) mass is 303 g/mol. The molecule has 2 N–H and O–H groups in total. The molecule has 0 bridgehead atoms. The molecule has 1 aromatic rings. The molecule has 0 radical (unpaired) electrons. The Bertz CT molecular complexity index is 553. The Hall–Kier alpha value is -0.620. The topological polar surface area (TPSA) is 66.4 Å². The van der Waals surface area contributed by atoms with Crippen LogP contribution in [0.2, 0.25) is 5.02 Å². The normalized spacial score (nSPS) is 19.1. The standard InChI is InChI=1S/C13H18ClNO3S/c1-13(16,11-5-6-11)9-15-19(17,18)8-10-3-2-4-12(14)7-10/h2-4,7,11,15-16H,5-6,8-9H2,1H3. The van der Waals surface area contributed by atoms with Crippen molar-refractivity contribution in [1.82, 2.24) is 4.72 Å². The summed E-state index contributed by atoms with van der Waals surface area (Å²) in [6.45, 7) is 1.73.